The van der Waals surface area contributed by atoms with Crippen molar-refractivity contribution in [1.82, 2.24) is 5.32 Å². The van der Waals surface area contributed by atoms with E-state index in [0.717, 1.165) is 17.7 Å². The van der Waals surface area contributed by atoms with Gasteiger partial charge in [0.2, 0.25) is 5.91 Å². The molecule has 0 aromatic heterocycles. The van der Waals surface area contributed by atoms with Gasteiger partial charge in [0, 0.05) is 23.3 Å². The van der Waals surface area contributed by atoms with Gasteiger partial charge in [-0.05, 0) is 23.8 Å². The first-order valence-corrected chi connectivity index (χ1v) is 6.63. The van der Waals surface area contributed by atoms with Gasteiger partial charge in [0.15, 0.2) is 11.6 Å². The molecule has 3 nitrogen and oxygen atoms in total. The van der Waals surface area contributed by atoms with Crippen LogP contribution >= 0.6 is 11.6 Å². The van der Waals surface area contributed by atoms with E-state index in [-0.39, 0.29) is 18.1 Å². The van der Waals surface area contributed by atoms with Crippen molar-refractivity contribution in [2.75, 3.05) is 11.9 Å². The number of benzene rings is 2. The number of rotatable bonds is 5. The second-order valence-corrected chi connectivity index (χ2v) is 4.78. The molecule has 0 atom stereocenters. The van der Waals surface area contributed by atoms with E-state index in [9.17, 15) is 13.6 Å². The Morgan fingerprint density at radius 3 is 2.57 bits per heavy atom. The van der Waals surface area contributed by atoms with Crippen LogP contribution in [0.3, 0.4) is 0 Å². The van der Waals surface area contributed by atoms with Gasteiger partial charge in [-0.25, -0.2) is 8.78 Å². The lowest BCUT2D eigenvalue weighted by Crippen LogP contribution is -2.27. The van der Waals surface area contributed by atoms with Gasteiger partial charge in [-0.1, -0.05) is 29.8 Å². The quantitative estimate of drug-likeness (QED) is 0.889. The second kappa shape index (κ2) is 7.15. The summed E-state index contributed by atoms with van der Waals surface area (Å²) in [5.74, 6) is -2.31. The Labute approximate surface area is 125 Å². The standard InChI is InChI=1S/C15H13ClF2N2O/c16-12-4-2-1-3-10(12)8-19-9-15(21)20-11-5-6-13(17)14(18)7-11/h1-7,19H,8-9H2,(H,20,21). The molecule has 110 valence electrons. The fourth-order valence-corrected chi connectivity index (χ4v) is 1.93. The maximum absolute atomic E-state index is 13.0. The van der Waals surface area contributed by atoms with Crippen LogP contribution in [-0.2, 0) is 11.3 Å². The molecule has 0 saturated carbocycles. The monoisotopic (exact) mass is 310 g/mol. The molecule has 0 heterocycles. The molecule has 2 aromatic carbocycles. The van der Waals surface area contributed by atoms with Crippen LogP contribution in [0.15, 0.2) is 42.5 Å². The van der Waals surface area contributed by atoms with E-state index in [1.807, 2.05) is 18.2 Å². The Balaban J connectivity index is 1.82. The minimum absolute atomic E-state index is 0.0320. The fourth-order valence-electron chi connectivity index (χ4n) is 1.73. The van der Waals surface area contributed by atoms with Gasteiger partial charge in [-0.3, -0.25) is 4.79 Å². The molecule has 2 aromatic rings. The van der Waals surface area contributed by atoms with E-state index in [4.69, 9.17) is 11.6 Å². The predicted octanol–water partition coefficient (Wildman–Crippen LogP) is 3.35. The zero-order valence-corrected chi connectivity index (χ0v) is 11.8. The van der Waals surface area contributed by atoms with Crippen molar-refractivity contribution < 1.29 is 13.6 Å². The van der Waals surface area contributed by atoms with Gasteiger partial charge in [0.25, 0.3) is 0 Å². The molecular formula is C15H13ClF2N2O. The Bertz CT molecular complexity index is 649. The molecular weight excluding hydrogens is 298 g/mol. The van der Waals surface area contributed by atoms with Gasteiger partial charge >= 0.3 is 0 Å². The van der Waals surface area contributed by atoms with E-state index >= 15 is 0 Å². The van der Waals surface area contributed by atoms with Gasteiger partial charge in [0.05, 0.1) is 6.54 Å². The number of anilines is 1. The van der Waals surface area contributed by atoms with Crippen LogP contribution in [0, 0.1) is 11.6 Å². The van der Waals surface area contributed by atoms with Crippen LogP contribution in [0.25, 0.3) is 0 Å². The lowest BCUT2D eigenvalue weighted by molar-refractivity contribution is -0.115. The number of carbonyl (C=O) groups excluding carboxylic acids is 1. The minimum Gasteiger partial charge on any atom is -0.325 e. The average Bonchev–Trinajstić information content (AvgIpc) is 2.45. The highest BCUT2D eigenvalue weighted by atomic mass is 35.5. The lowest BCUT2D eigenvalue weighted by Gasteiger charge is -2.08. The molecule has 0 fully saturated rings. The smallest absolute Gasteiger partial charge is 0.238 e. The first-order chi connectivity index (χ1) is 10.1. The predicted molar refractivity (Wildman–Crippen MR) is 78.1 cm³/mol. The molecule has 2 N–H and O–H groups in total. The molecule has 0 unspecified atom stereocenters. The van der Waals surface area contributed by atoms with E-state index < -0.39 is 11.6 Å². The molecule has 1 amide bonds. The summed E-state index contributed by atoms with van der Waals surface area (Å²) in [6, 6.07) is 10.5. The molecule has 0 aliphatic heterocycles. The Morgan fingerprint density at radius 1 is 1.10 bits per heavy atom. The number of hydrogen-bond donors (Lipinski definition) is 2. The third kappa shape index (κ3) is 4.51. The first-order valence-electron chi connectivity index (χ1n) is 6.25. The normalized spacial score (nSPS) is 10.4. The van der Waals surface area contributed by atoms with Gasteiger partial charge < -0.3 is 10.6 Å². The highest BCUT2D eigenvalue weighted by Gasteiger charge is 2.06. The van der Waals surface area contributed by atoms with Crippen LogP contribution in [0.5, 0.6) is 0 Å². The van der Waals surface area contributed by atoms with E-state index in [1.165, 1.54) is 6.07 Å². The van der Waals surface area contributed by atoms with Crippen LogP contribution in [0.1, 0.15) is 5.56 Å². The van der Waals surface area contributed by atoms with Crippen molar-refractivity contribution in [2.24, 2.45) is 0 Å². The molecule has 0 bridgehead atoms. The number of nitrogens with one attached hydrogen (secondary N) is 2. The average molecular weight is 311 g/mol. The molecule has 0 radical (unpaired) electrons. The highest BCUT2D eigenvalue weighted by Crippen LogP contribution is 2.14. The zero-order chi connectivity index (χ0) is 15.2. The van der Waals surface area contributed by atoms with Gasteiger partial charge in [-0.2, -0.15) is 0 Å². The lowest BCUT2D eigenvalue weighted by atomic mass is 10.2. The summed E-state index contributed by atoms with van der Waals surface area (Å²) in [5.41, 5.74) is 1.08. The first kappa shape index (κ1) is 15.4. The van der Waals surface area contributed by atoms with Crippen molar-refractivity contribution in [3.63, 3.8) is 0 Å². The molecule has 0 aliphatic carbocycles. The summed E-state index contributed by atoms with van der Waals surface area (Å²) in [6.07, 6.45) is 0. The fraction of sp³-hybridized carbons (Fsp3) is 0.133. The molecule has 0 spiro atoms. The van der Waals surface area contributed by atoms with E-state index in [2.05, 4.69) is 10.6 Å². The minimum atomic E-state index is -1.00. The third-order valence-electron chi connectivity index (χ3n) is 2.76. The second-order valence-electron chi connectivity index (χ2n) is 4.37. The molecule has 21 heavy (non-hydrogen) atoms. The van der Waals surface area contributed by atoms with Crippen molar-refractivity contribution in [2.45, 2.75) is 6.54 Å². The largest absolute Gasteiger partial charge is 0.325 e. The van der Waals surface area contributed by atoms with Crippen LogP contribution in [-0.4, -0.2) is 12.5 Å². The molecule has 2 rings (SSSR count). The SMILES string of the molecule is O=C(CNCc1ccccc1Cl)Nc1ccc(F)c(F)c1. The molecule has 6 heteroatoms. The Kier molecular flexibility index (Phi) is 5.25. The van der Waals surface area contributed by atoms with E-state index in [1.54, 1.807) is 6.07 Å². The van der Waals surface area contributed by atoms with E-state index in [0.29, 0.717) is 11.6 Å². The number of amides is 1. The van der Waals surface area contributed by atoms with Crippen LogP contribution in [0.4, 0.5) is 14.5 Å². The summed E-state index contributed by atoms with van der Waals surface area (Å²) in [4.78, 5) is 11.7. The summed E-state index contributed by atoms with van der Waals surface area (Å²) < 4.78 is 25.7. The summed E-state index contributed by atoms with van der Waals surface area (Å²) >= 11 is 5.98. The van der Waals surface area contributed by atoms with Crippen molar-refractivity contribution in [3.8, 4) is 0 Å². The zero-order valence-electron chi connectivity index (χ0n) is 11.0. The van der Waals surface area contributed by atoms with Gasteiger partial charge in [-0.15, -0.1) is 0 Å². The summed E-state index contributed by atoms with van der Waals surface area (Å²) in [5, 5.41) is 6.01. The summed E-state index contributed by atoms with van der Waals surface area (Å²) in [7, 11) is 0. The van der Waals surface area contributed by atoms with Crippen LogP contribution < -0.4 is 10.6 Å². The Morgan fingerprint density at radius 2 is 1.86 bits per heavy atom. The molecule has 0 saturated heterocycles. The van der Waals surface area contributed by atoms with Crippen molar-refractivity contribution in [3.05, 3.63) is 64.7 Å². The van der Waals surface area contributed by atoms with Crippen molar-refractivity contribution >= 4 is 23.2 Å². The van der Waals surface area contributed by atoms with Crippen LogP contribution in [0.2, 0.25) is 5.02 Å². The molecule has 0 aliphatic rings. The maximum Gasteiger partial charge on any atom is 0.238 e. The number of hydrogen-bond acceptors (Lipinski definition) is 2. The third-order valence-corrected chi connectivity index (χ3v) is 3.13. The number of carbonyl (C=O) groups is 1. The summed E-state index contributed by atoms with van der Waals surface area (Å²) in [6.45, 7) is 0.467. The number of halogens is 3. The highest BCUT2D eigenvalue weighted by molar-refractivity contribution is 6.31. The topological polar surface area (TPSA) is 41.1 Å². The Hall–Kier alpha value is -1.98. The van der Waals surface area contributed by atoms with Crippen molar-refractivity contribution in [1.29, 1.82) is 0 Å². The van der Waals surface area contributed by atoms with Gasteiger partial charge in [0.1, 0.15) is 0 Å². The maximum atomic E-state index is 13.0.